The van der Waals surface area contributed by atoms with E-state index in [2.05, 4.69) is 12.6 Å². The molecule has 0 fully saturated rings. The average Bonchev–Trinajstić information content (AvgIpc) is 1.94. The van der Waals surface area contributed by atoms with Crippen molar-refractivity contribution < 1.29 is 9.90 Å². The number of rotatable bonds is 1. The fraction of sp³-hybridized carbons (Fsp3) is 0. The smallest absolute Gasteiger partial charge is 0.249 e. The van der Waals surface area contributed by atoms with Crippen molar-refractivity contribution in [3.63, 3.8) is 0 Å². The second-order valence-electron chi connectivity index (χ2n) is 2.07. The predicted octanol–water partition coefficient (Wildman–Crippen LogP) is 0.780. The molecule has 0 aliphatic carbocycles. The van der Waals surface area contributed by atoms with Crippen LogP contribution >= 0.6 is 12.6 Å². The number of benzene rings is 1. The lowest BCUT2D eigenvalue weighted by Crippen LogP contribution is -2.11. The lowest BCUT2D eigenvalue weighted by Gasteiger charge is -1.99. The molecular formula is C7H7NO2S. The Morgan fingerprint density at radius 1 is 1.55 bits per heavy atom. The molecule has 4 heteroatoms. The molecule has 0 atom stereocenters. The largest absolute Gasteiger partial charge is 0.508 e. The summed E-state index contributed by atoms with van der Waals surface area (Å²) in [4.78, 5) is 11.1. The monoisotopic (exact) mass is 169 g/mol. The maximum Gasteiger partial charge on any atom is 0.249 e. The molecule has 1 aromatic carbocycles. The van der Waals surface area contributed by atoms with Gasteiger partial charge in [-0.25, -0.2) is 0 Å². The first-order valence-corrected chi connectivity index (χ1v) is 3.38. The second-order valence-corrected chi connectivity index (χ2v) is 2.55. The van der Waals surface area contributed by atoms with E-state index in [1.54, 1.807) is 0 Å². The zero-order valence-corrected chi connectivity index (χ0v) is 6.51. The molecule has 0 saturated carbocycles. The highest BCUT2D eigenvalue weighted by Crippen LogP contribution is 2.18. The van der Waals surface area contributed by atoms with Crippen molar-refractivity contribution in [3.8, 4) is 5.75 Å². The number of phenols is 1. The number of phenolic OH excluding ortho intramolecular Hbond substituents is 1. The maximum absolute atomic E-state index is 10.6. The summed E-state index contributed by atoms with van der Waals surface area (Å²) in [6.45, 7) is 0. The standard InChI is InChI=1S/C7H7NO2S/c8-7(10)5-3-4(9)1-2-6(5)11/h1-3,9,11H,(H2,8,10). The van der Waals surface area contributed by atoms with Crippen LogP contribution in [-0.4, -0.2) is 11.0 Å². The van der Waals surface area contributed by atoms with E-state index in [1.165, 1.54) is 18.2 Å². The van der Waals surface area contributed by atoms with Crippen LogP contribution in [0.1, 0.15) is 10.4 Å². The Morgan fingerprint density at radius 3 is 2.64 bits per heavy atom. The third kappa shape index (κ3) is 1.65. The number of carbonyl (C=O) groups is 1. The van der Waals surface area contributed by atoms with E-state index in [4.69, 9.17) is 10.8 Å². The highest BCUT2D eigenvalue weighted by atomic mass is 32.1. The Labute approximate surface area is 69.2 Å². The van der Waals surface area contributed by atoms with Crippen LogP contribution in [0.3, 0.4) is 0 Å². The number of thiol groups is 1. The molecule has 58 valence electrons. The first kappa shape index (κ1) is 7.94. The van der Waals surface area contributed by atoms with E-state index in [0.717, 1.165) is 0 Å². The van der Waals surface area contributed by atoms with Crippen molar-refractivity contribution in [3.05, 3.63) is 23.8 Å². The van der Waals surface area contributed by atoms with Crippen LogP contribution in [0.5, 0.6) is 5.75 Å². The normalized spacial score (nSPS) is 9.55. The number of hydrogen-bond acceptors (Lipinski definition) is 3. The fourth-order valence-electron chi connectivity index (χ4n) is 0.721. The molecule has 0 unspecified atom stereocenters. The van der Waals surface area contributed by atoms with Gasteiger partial charge < -0.3 is 10.8 Å². The third-order valence-corrected chi connectivity index (χ3v) is 1.64. The van der Waals surface area contributed by atoms with Crippen LogP contribution in [0.4, 0.5) is 0 Å². The topological polar surface area (TPSA) is 63.3 Å². The Morgan fingerprint density at radius 2 is 2.18 bits per heavy atom. The molecule has 0 radical (unpaired) electrons. The van der Waals surface area contributed by atoms with Crippen molar-refractivity contribution in [2.75, 3.05) is 0 Å². The van der Waals surface area contributed by atoms with Crippen molar-refractivity contribution in [1.29, 1.82) is 0 Å². The summed E-state index contributed by atoms with van der Waals surface area (Å²) < 4.78 is 0. The van der Waals surface area contributed by atoms with E-state index in [1.807, 2.05) is 0 Å². The fourth-order valence-corrected chi connectivity index (χ4v) is 0.971. The van der Waals surface area contributed by atoms with Gasteiger partial charge in [-0.3, -0.25) is 4.79 Å². The van der Waals surface area contributed by atoms with Crippen molar-refractivity contribution >= 4 is 18.5 Å². The van der Waals surface area contributed by atoms with Crippen LogP contribution in [-0.2, 0) is 0 Å². The maximum atomic E-state index is 10.6. The van der Waals surface area contributed by atoms with Gasteiger partial charge in [0.25, 0.3) is 0 Å². The zero-order valence-electron chi connectivity index (χ0n) is 5.61. The molecule has 0 aliphatic rings. The molecule has 3 nitrogen and oxygen atoms in total. The van der Waals surface area contributed by atoms with Gasteiger partial charge in [-0.05, 0) is 18.2 Å². The van der Waals surface area contributed by atoms with E-state index < -0.39 is 5.91 Å². The molecule has 0 aliphatic heterocycles. The van der Waals surface area contributed by atoms with Gasteiger partial charge in [0.1, 0.15) is 5.75 Å². The van der Waals surface area contributed by atoms with Gasteiger partial charge in [0.15, 0.2) is 0 Å². The average molecular weight is 169 g/mol. The van der Waals surface area contributed by atoms with Crippen molar-refractivity contribution in [2.45, 2.75) is 4.90 Å². The lowest BCUT2D eigenvalue weighted by molar-refractivity contribution is 0.0997. The Kier molecular flexibility index (Phi) is 2.05. The van der Waals surface area contributed by atoms with Crippen molar-refractivity contribution in [1.82, 2.24) is 0 Å². The minimum absolute atomic E-state index is 0.0107. The minimum atomic E-state index is -0.592. The summed E-state index contributed by atoms with van der Waals surface area (Å²) in [5, 5.41) is 8.94. The Hall–Kier alpha value is -1.16. The first-order chi connectivity index (χ1) is 5.11. The highest BCUT2D eigenvalue weighted by Gasteiger charge is 2.04. The molecule has 1 aromatic rings. The summed E-state index contributed by atoms with van der Waals surface area (Å²) in [5.41, 5.74) is 5.21. The minimum Gasteiger partial charge on any atom is -0.508 e. The predicted molar refractivity (Wildman–Crippen MR) is 43.9 cm³/mol. The number of amides is 1. The summed E-state index contributed by atoms with van der Waals surface area (Å²) in [5.74, 6) is -0.581. The van der Waals surface area contributed by atoms with Crippen LogP contribution in [0.15, 0.2) is 23.1 Å². The molecular weight excluding hydrogens is 162 g/mol. The van der Waals surface area contributed by atoms with Crippen LogP contribution in [0.25, 0.3) is 0 Å². The Bertz CT molecular complexity index is 298. The molecule has 0 bridgehead atoms. The van der Waals surface area contributed by atoms with E-state index in [9.17, 15) is 4.79 Å². The van der Waals surface area contributed by atoms with Gasteiger partial charge in [-0.1, -0.05) is 0 Å². The number of carbonyl (C=O) groups excluding carboxylic acids is 1. The van der Waals surface area contributed by atoms with E-state index in [-0.39, 0.29) is 11.3 Å². The van der Waals surface area contributed by atoms with Crippen molar-refractivity contribution in [2.24, 2.45) is 5.73 Å². The van der Waals surface area contributed by atoms with Gasteiger partial charge >= 0.3 is 0 Å². The van der Waals surface area contributed by atoms with Gasteiger partial charge in [0.2, 0.25) is 5.91 Å². The van der Waals surface area contributed by atoms with Gasteiger partial charge in [0, 0.05) is 4.90 Å². The van der Waals surface area contributed by atoms with Gasteiger partial charge in [-0.15, -0.1) is 12.6 Å². The van der Waals surface area contributed by atoms with Crippen LogP contribution < -0.4 is 5.73 Å². The highest BCUT2D eigenvalue weighted by molar-refractivity contribution is 7.80. The molecule has 1 rings (SSSR count). The summed E-state index contributed by atoms with van der Waals surface area (Å²) in [6.07, 6.45) is 0. The molecule has 0 heterocycles. The zero-order chi connectivity index (χ0) is 8.43. The summed E-state index contributed by atoms with van der Waals surface area (Å²) in [6, 6.07) is 4.23. The molecule has 0 spiro atoms. The van der Waals surface area contributed by atoms with Gasteiger partial charge in [0.05, 0.1) is 5.56 Å². The SMILES string of the molecule is NC(=O)c1cc(O)ccc1S. The molecule has 0 saturated heterocycles. The van der Waals surface area contributed by atoms with E-state index >= 15 is 0 Å². The van der Waals surface area contributed by atoms with Gasteiger partial charge in [-0.2, -0.15) is 0 Å². The third-order valence-electron chi connectivity index (χ3n) is 1.25. The quantitative estimate of drug-likeness (QED) is 0.544. The van der Waals surface area contributed by atoms with E-state index in [0.29, 0.717) is 4.90 Å². The molecule has 0 aromatic heterocycles. The summed E-state index contributed by atoms with van der Waals surface area (Å²) >= 11 is 3.97. The number of nitrogens with two attached hydrogens (primary N) is 1. The number of aromatic hydroxyl groups is 1. The lowest BCUT2D eigenvalue weighted by atomic mass is 10.2. The summed E-state index contributed by atoms with van der Waals surface area (Å²) in [7, 11) is 0. The number of primary amides is 1. The number of hydrogen-bond donors (Lipinski definition) is 3. The molecule has 1 amide bonds. The van der Waals surface area contributed by atoms with Crippen LogP contribution in [0.2, 0.25) is 0 Å². The molecule has 3 N–H and O–H groups in total. The Balaban J connectivity index is 3.23. The van der Waals surface area contributed by atoms with Crippen LogP contribution in [0, 0.1) is 0 Å². The first-order valence-electron chi connectivity index (χ1n) is 2.93. The molecule has 11 heavy (non-hydrogen) atoms. The second kappa shape index (κ2) is 2.84.